The molecule has 1 aromatic carbocycles. The number of benzene rings is 1. The summed E-state index contributed by atoms with van der Waals surface area (Å²) in [5.74, 6) is 0.949. The lowest BCUT2D eigenvalue weighted by Crippen LogP contribution is -2.46. The Balaban J connectivity index is 1.43. The van der Waals surface area contributed by atoms with Gasteiger partial charge in [-0.2, -0.15) is 0 Å². The van der Waals surface area contributed by atoms with Gasteiger partial charge in [-0.1, -0.05) is 11.6 Å². The van der Waals surface area contributed by atoms with Gasteiger partial charge < -0.3 is 14.6 Å². The fraction of sp³-hybridized carbons (Fsp3) is 0.400. The molecule has 2 aromatic rings. The molecule has 1 fully saturated rings. The van der Waals surface area contributed by atoms with Crippen LogP contribution in [-0.4, -0.2) is 35.6 Å². The van der Waals surface area contributed by atoms with E-state index >= 15 is 0 Å². The summed E-state index contributed by atoms with van der Waals surface area (Å²) in [4.78, 5) is 28.3. The number of carbonyl (C=O) groups is 2. The van der Waals surface area contributed by atoms with E-state index in [-0.39, 0.29) is 23.8 Å². The van der Waals surface area contributed by atoms with Crippen LogP contribution < -0.4 is 5.32 Å². The molecule has 7 heteroatoms. The number of halogens is 1. The van der Waals surface area contributed by atoms with Gasteiger partial charge in [0.25, 0.3) is 5.91 Å². The number of thioether (sulfide) groups is 1. The standard InChI is InChI=1S/C20H21ClN2O3S/c21-14-5-6-18-15(11-14)16(7-10-27-18)22-19(24)13-3-1-8-23(12-13)20(25)17-4-2-9-26-17/h2,4-6,9,11,13,16H,1,3,7-8,10,12H2,(H,22,24)/t13-,16-/m1/s1. The minimum atomic E-state index is -0.199. The molecule has 2 atom stereocenters. The average Bonchev–Trinajstić information content (AvgIpc) is 3.23. The monoisotopic (exact) mass is 404 g/mol. The number of hydrogen-bond donors (Lipinski definition) is 1. The van der Waals surface area contributed by atoms with Gasteiger partial charge in [0, 0.05) is 28.8 Å². The number of fused-ring (bicyclic) bond motifs is 1. The van der Waals surface area contributed by atoms with Crippen molar-refractivity contribution in [2.75, 3.05) is 18.8 Å². The second-order valence-electron chi connectivity index (χ2n) is 6.95. The molecule has 2 aliphatic rings. The van der Waals surface area contributed by atoms with Crippen LogP contribution in [0.5, 0.6) is 0 Å². The first-order valence-electron chi connectivity index (χ1n) is 9.17. The van der Waals surface area contributed by atoms with Crippen LogP contribution in [0.4, 0.5) is 0 Å². The zero-order valence-corrected chi connectivity index (χ0v) is 16.4. The SMILES string of the molecule is O=C(N[C@@H]1CCSc2ccc(Cl)cc21)[C@@H]1CCCN(C(=O)c2ccco2)C1. The van der Waals surface area contributed by atoms with Gasteiger partial charge in [-0.25, -0.2) is 0 Å². The number of amides is 2. The van der Waals surface area contributed by atoms with E-state index in [0.717, 1.165) is 30.6 Å². The summed E-state index contributed by atoms with van der Waals surface area (Å²) < 4.78 is 5.21. The number of piperidine rings is 1. The Bertz CT molecular complexity index is 840. The molecule has 0 bridgehead atoms. The fourth-order valence-corrected chi connectivity index (χ4v) is 5.02. The number of hydrogen-bond acceptors (Lipinski definition) is 4. The first-order chi connectivity index (χ1) is 13.1. The van der Waals surface area contributed by atoms with E-state index in [1.54, 1.807) is 28.8 Å². The Hall–Kier alpha value is -1.92. The fourth-order valence-electron chi connectivity index (χ4n) is 3.74. The highest BCUT2D eigenvalue weighted by molar-refractivity contribution is 7.99. The summed E-state index contributed by atoms with van der Waals surface area (Å²) in [6, 6.07) is 9.18. The minimum absolute atomic E-state index is 0.00905. The van der Waals surface area contributed by atoms with Crippen molar-refractivity contribution in [1.82, 2.24) is 10.2 Å². The molecule has 142 valence electrons. The predicted octanol–water partition coefficient (Wildman–Crippen LogP) is 4.14. The summed E-state index contributed by atoms with van der Waals surface area (Å²) in [5.41, 5.74) is 1.09. The largest absolute Gasteiger partial charge is 0.459 e. The van der Waals surface area contributed by atoms with Gasteiger partial charge in [-0.05, 0) is 55.2 Å². The topological polar surface area (TPSA) is 62.6 Å². The zero-order chi connectivity index (χ0) is 18.8. The van der Waals surface area contributed by atoms with Crippen molar-refractivity contribution in [1.29, 1.82) is 0 Å². The van der Waals surface area contributed by atoms with Gasteiger partial charge in [0.15, 0.2) is 5.76 Å². The van der Waals surface area contributed by atoms with Crippen molar-refractivity contribution >= 4 is 35.2 Å². The second kappa shape index (κ2) is 7.98. The maximum Gasteiger partial charge on any atom is 0.289 e. The number of rotatable bonds is 3. The van der Waals surface area contributed by atoms with E-state index < -0.39 is 0 Å². The number of carbonyl (C=O) groups excluding carboxylic acids is 2. The number of nitrogens with one attached hydrogen (secondary N) is 1. The molecule has 1 N–H and O–H groups in total. The molecule has 0 aliphatic carbocycles. The van der Waals surface area contributed by atoms with Gasteiger partial charge >= 0.3 is 0 Å². The molecule has 2 aliphatic heterocycles. The number of nitrogens with zero attached hydrogens (tertiary/aromatic N) is 1. The van der Waals surface area contributed by atoms with E-state index in [9.17, 15) is 9.59 Å². The molecule has 0 saturated carbocycles. The smallest absolute Gasteiger partial charge is 0.289 e. The van der Waals surface area contributed by atoms with Gasteiger partial charge in [0.05, 0.1) is 18.2 Å². The molecule has 27 heavy (non-hydrogen) atoms. The molecule has 1 saturated heterocycles. The van der Waals surface area contributed by atoms with Gasteiger partial charge in [0.2, 0.25) is 5.91 Å². The van der Waals surface area contributed by atoms with Crippen molar-refractivity contribution in [3.63, 3.8) is 0 Å². The highest BCUT2D eigenvalue weighted by Crippen LogP contribution is 2.37. The van der Waals surface area contributed by atoms with Crippen molar-refractivity contribution in [2.24, 2.45) is 5.92 Å². The normalized spacial score (nSPS) is 22.2. The van der Waals surface area contributed by atoms with Crippen molar-refractivity contribution < 1.29 is 14.0 Å². The summed E-state index contributed by atoms with van der Waals surface area (Å²) in [5, 5.41) is 3.88. The van der Waals surface area contributed by atoms with Gasteiger partial charge in [-0.3, -0.25) is 9.59 Å². The minimum Gasteiger partial charge on any atom is -0.459 e. The van der Waals surface area contributed by atoms with Crippen LogP contribution in [-0.2, 0) is 4.79 Å². The van der Waals surface area contributed by atoms with E-state index in [4.69, 9.17) is 16.0 Å². The van der Waals surface area contributed by atoms with Crippen molar-refractivity contribution in [3.05, 3.63) is 52.9 Å². The lowest BCUT2D eigenvalue weighted by atomic mass is 9.95. The maximum absolute atomic E-state index is 12.9. The Kier molecular flexibility index (Phi) is 5.45. The Labute approximate surface area is 167 Å². The van der Waals surface area contributed by atoms with Crippen LogP contribution in [0, 0.1) is 5.92 Å². The molecular formula is C20H21ClN2O3S. The second-order valence-corrected chi connectivity index (χ2v) is 8.52. The summed E-state index contributed by atoms with van der Waals surface area (Å²) in [6.07, 6.45) is 3.97. The summed E-state index contributed by atoms with van der Waals surface area (Å²) in [7, 11) is 0. The summed E-state index contributed by atoms with van der Waals surface area (Å²) >= 11 is 7.95. The van der Waals surface area contributed by atoms with E-state index in [1.165, 1.54) is 11.2 Å². The Morgan fingerprint density at radius 3 is 2.96 bits per heavy atom. The van der Waals surface area contributed by atoms with Crippen molar-refractivity contribution in [3.8, 4) is 0 Å². The highest BCUT2D eigenvalue weighted by atomic mass is 35.5. The first-order valence-corrected chi connectivity index (χ1v) is 10.5. The molecule has 1 aromatic heterocycles. The molecule has 0 radical (unpaired) electrons. The van der Waals surface area contributed by atoms with Crippen LogP contribution in [0.1, 0.15) is 41.4 Å². The first kappa shape index (κ1) is 18.4. The third kappa shape index (κ3) is 4.01. The third-order valence-corrected chi connectivity index (χ3v) is 6.50. The molecule has 0 spiro atoms. The number of furan rings is 1. The number of likely N-dealkylation sites (tertiary alicyclic amines) is 1. The van der Waals surface area contributed by atoms with Crippen LogP contribution >= 0.6 is 23.4 Å². The van der Waals surface area contributed by atoms with Crippen LogP contribution in [0.15, 0.2) is 45.9 Å². The van der Waals surface area contributed by atoms with E-state index in [0.29, 0.717) is 23.9 Å². The zero-order valence-electron chi connectivity index (χ0n) is 14.8. The molecule has 3 heterocycles. The van der Waals surface area contributed by atoms with Gasteiger partial charge in [0.1, 0.15) is 0 Å². The highest BCUT2D eigenvalue weighted by Gasteiger charge is 2.32. The molecule has 4 rings (SSSR count). The van der Waals surface area contributed by atoms with Crippen LogP contribution in [0.2, 0.25) is 5.02 Å². The average molecular weight is 405 g/mol. The maximum atomic E-state index is 12.9. The van der Waals surface area contributed by atoms with Gasteiger partial charge in [-0.15, -0.1) is 11.8 Å². The molecule has 2 amide bonds. The predicted molar refractivity (Wildman–Crippen MR) is 105 cm³/mol. The van der Waals surface area contributed by atoms with Crippen LogP contribution in [0.25, 0.3) is 0 Å². The van der Waals surface area contributed by atoms with E-state index in [2.05, 4.69) is 5.32 Å². The lowest BCUT2D eigenvalue weighted by molar-refractivity contribution is -0.127. The lowest BCUT2D eigenvalue weighted by Gasteiger charge is -2.33. The summed E-state index contributed by atoms with van der Waals surface area (Å²) in [6.45, 7) is 1.08. The molecular weight excluding hydrogens is 384 g/mol. The molecule has 5 nitrogen and oxygen atoms in total. The third-order valence-electron chi connectivity index (χ3n) is 5.14. The van der Waals surface area contributed by atoms with Crippen LogP contribution in [0.3, 0.4) is 0 Å². The van der Waals surface area contributed by atoms with E-state index in [1.807, 2.05) is 18.2 Å². The quantitative estimate of drug-likeness (QED) is 0.835. The Morgan fingerprint density at radius 1 is 1.26 bits per heavy atom. The van der Waals surface area contributed by atoms with Crippen molar-refractivity contribution in [2.45, 2.75) is 30.2 Å². The molecule has 0 unspecified atom stereocenters. The Morgan fingerprint density at radius 2 is 2.15 bits per heavy atom.